The molecular weight excluding hydrogens is 529 g/mol. The van der Waals surface area contributed by atoms with Crippen molar-refractivity contribution in [3.8, 4) is 0 Å². The monoisotopic (exact) mass is 550 g/mol. The molecule has 0 saturated carbocycles. The Kier molecular flexibility index (Phi) is 7.45. The molecule has 1 aliphatic heterocycles. The number of benzene rings is 1. The highest BCUT2D eigenvalue weighted by atomic mass is 32.2. The maximum absolute atomic E-state index is 13.7. The summed E-state index contributed by atoms with van der Waals surface area (Å²) in [6.07, 6.45) is 7.02. The standard InChI is InChI=1S/C26H22N4O4S3/c1-4-33-24(32)21-15(2)29-26-30(22(21)16-6-9-18(35-3)10-7-16)23(31)19(36-26)14-17-8-11-20(34-17)37-25-27-12-5-13-28-25/h5-14,22H,4H2,1-3H3/b19-14+/t22-/m1/s1. The number of rotatable bonds is 7. The molecule has 11 heteroatoms. The number of furan rings is 1. The molecule has 0 unspecified atom stereocenters. The Labute approximate surface area is 224 Å². The molecule has 5 rings (SSSR count). The van der Waals surface area contributed by atoms with E-state index in [2.05, 4.69) is 15.0 Å². The van der Waals surface area contributed by atoms with Crippen LogP contribution in [0.1, 0.15) is 31.2 Å². The average molecular weight is 551 g/mol. The highest BCUT2D eigenvalue weighted by molar-refractivity contribution is 7.99. The second kappa shape index (κ2) is 10.9. The lowest BCUT2D eigenvalue weighted by Gasteiger charge is -2.24. The third-order valence-corrected chi connectivity index (χ3v) is 8.10. The first-order valence-electron chi connectivity index (χ1n) is 11.4. The normalized spacial score (nSPS) is 15.4. The van der Waals surface area contributed by atoms with Gasteiger partial charge in [-0.25, -0.2) is 19.8 Å². The lowest BCUT2D eigenvalue weighted by molar-refractivity contribution is -0.139. The van der Waals surface area contributed by atoms with Gasteiger partial charge < -0.3 is 9.15 Å². The van der Waals surface area contributed by atoms with Gasteiger partial charge in [0, 0.05) is 23.4 Å². The highest BCUT2D eigenvalue weighted by Gasteiger charge is 2.33. The van der Waals surface area contributed by atoms with Gasteiger partial charge in [0.2, 0.25) is 0 Å². The fourth-order valence-electron chi connectivity index (χ4n) is 3.92. The van der Waals surface area contributed by atoms with Crippen molar-refractivity contribution in [3.05, 3.63) is 97.1 Å². The van der Waals surface area contributed by atoms with Gasteiger partial charge in [0.1, 0.15) is 5.76 Å². The van der Waals surface area contributed by atoms with E-state index in [1.807, 2.05) is 36.6 Å². The first-order chi connectivity index (χ1) is 18.0. The van der Waals surface area contributed by atoms with Gasteiger partial charge in [-0.15, -0.1) is 11.8 Å². The number of thiazole rings is 1. The SMILES string of the molecule is CCOC(=O)C1=C(C)N=c2s/c(=C/c3ccc(Sc4ncccn4)o3)c(=O)n2[C@@H]1c1ccc(SC)cc1. The molecule has 0 fully saturated rings. The number of hydrogen-bond donors (Lipinski definition) is 0. The van der Waals surface area contributed by atoms with Crippen LogP contribution >= 0.6 is 34.9 Å². The molecule has 1 aliphatic rings. The lowest BCUT2D eigenvalue weighted by Crippen LogP contribution is -2.39. The van der Waals surface area contributed by atoms with Crippen molar-refractivity contribution >= 4 is 46.9 Å². The highest BCUT2D eigenvalue weighted by Crippen LogP contribution is 2.32. The van der Waals surface area contributed by atoms with E-state index in [-0.39, 0.29) is 12.2 Å². The fourth-order valence-corrected chi connectivity index (χ4v) is 6.03. The molecule has 4 heterocycles. The molecular formula is C26H22N4O4S3. The summed E-state index contributed by atoms with van der Waals surface area (Å²) in [6, 6.07) is 12.5. The quantitative estimate of drug-likeness (QED) is 0.193. The molecule has 8 nitrogen and oxygen atoms in total. The smallest absolute Gasteiger partial charge is 0.338 e. The molecule has 0 aliphatic carbocycles. The number of thioether (sulfide) groups is 1. The van der Waals surface area contributed by atoms with Gasteiger partial charge in [-0.2, -0.15) is 0 Å². The molecule has 0 radical (unpaired) electrons. The first kappa shape index (κ1) is 25.2. The summed E-state index contributed by atoms with van der Waals surface area (Å²) in [6.45, 7) is 3.75. The first-order valence-corrected chi connectivity index (χ1v) is 14.2. The third kappa shape index (κ3) is 5.20. The van der Waals surface area contributed by atoms with Crippen LogP contribution in [0.4, 0.5) is 0 Å². The molecule has 0 spiro atoms. The van der Waals surface area contributed by atoms with E-state index in [4.69, 9.17) is 9.15 Å². The molecule has 4 aromatic rings. The van der Waals surface area contributed by atoms with Gasteiger partial charge in [-0.1, -0.05) is 23.5 Å². The predicted octanol–water partition coefficient (Wildman–Crippen LogP) is 4.05. The number of ether oxygens (including phenoxy) is 1. The Bertz CT molecular complexity index is 1650. The van der Waals surface area contributed by atoms with Crippen LogP contribution in [0, 0.1) is 0 Å². The minimum absolute atomic E-state index is 0.227. The van der Waals surface area contributed by atoms with Gasteiger partial charge in [0.05, 0.1) is 28.5 Å². The van der Waals surface area contributed by atoms with Gasteiger partial charge in [0.25, 0.3) is 5.56 Å². The summed E-state index contributed by atoms with van der Waals surface area (Å²) in [7, 11) is 0. The maximum atomic E-state index is 13.7. The van der Waals surface area contributed by atoms with E-state index in [1.165, 1.54) is 23.1 Å². The van der Waals surface area contributed by atoms with E-state index >= 15 is 0 Å². The van der Waals surface area contributed by atoms with Crippen molar-refractivity contribution in [1.82, 2.24) is 14.5 Å². The molecule has 0 saturated heterocycles. The van der Waals surface area contributed by atoms with E-state index in [0.717, 1.165) is 10.5 Å². The zero-order valence-electron chi connectivity index (χ0n) is 20.2. The predicted molar refractivity (Wildman–Crippen MR) is 143 cm³/mol. The van der Waals surface area contributed by atoms with Crippen LogP contribution in [0.3, 0.4) is 0 Å². The van der Waals surface area contributed by atoms with Gasteiger partial charge in [0.15, 0.2) is 15.1 Å². The zero-order valence-corrected chi connectivity index (χ0v) is 22.7. The Morgan fingerprint density at radius 3 is 2.65 bits per heavy atom. The van der Waals surface area contributed by atoms with Crippen LogP contribution in [0.2, 0.25) is 0 Å². The number of allylic oxidation sites excluding steroid dienone is 1. The van der Waals surface area contributed by atoms with Crippen LogP contribution in [0.25, 0.3) is 6.08 Å². The van der Waals surface area contributed by atoms with Crippen molar-refractivity contribution in [1.29, 1.82) is 0 Å². The third-order valence-electron chi connectivity index (χ3n) is 5.56. The molecule has 0 N–H and O–H groups in total. The molecule has 37 heavy (non-hydrogen) atoms. The topological polar surface area (TPSA) is 99.6 Å². The number of nitrogens with zero attached hydrogens (tertiary/aromatic N) is 4. The fraction of sp³-hybridized carbons (Fsp3) is 0.192. The summed E-state index contributed by atoms with van der Waals surface area (Å²) in [4.78, 5) is 41.3. The summed E-state index contributed by atoms with van der Waals surface area (Å²) in [5.41, 5.74) is 1.44. The molecule has 188 valence electrons. The molecule has 0 bridgehead atoms. The molecule has 0 amide bonds. The Balaban J connectivity index is 1.58. The van der Waals surface area contributed by atoms with Gasteiger partial charge >= 0.3 is 5.97 Å². The summed E-state index contributed by atoms with van der Waals surface area (Å²) in [5.74, 6) is 0.0405. The Morgan fingerprint density at radius 1 is 1.19 bits per heavy atom. The Hall–Kier alpha value is -3.41. The second-order valence-corrected chi connectivity index (χ2v) is 10.7. The van der Waals surface area contributed by atoms with Crippen LogP contribution in [0.5, 0.6) is 0 Å². The van der Waals surface area contributed by atoms with E-state index in [9.17, 15) is 9.59 Å². The van der Waals surface area contributed by atoms with E-state index in [0.29, 0.717) is 36.6 Å². The number of carbonyl (C=O) groups is 1. The number of fused-ring (bicyclic) bond motifs is 1. The van der Waals surface area contributed by atoms with Crippen LogP contribution in [-0.4, -0.2) is 33.4 Å². The van der Waals surface area contributed by atoms with E-state index < -0.39 is 12.0 Å². The number of carbonyl (C=O) groups excluding carboxylic acids is 1. The van der Waals surface area contributed by atoms with Crippen molar-refractivity contribution in [2.24, 2.45) is 4.99 Å². The minimum atomic E-state index is -0.647. The minimum Gasteiger partial charge on any atom is -0.463 e. The number of hydrogen-bond acceptors (Lipinski definition) is 10. The number of esters is 1. The van der Waals surface area contributed by atoms with Gasteiger partial charge in [-0.3, -0.25) is 9.36 Å². The maximum Gasteiger partial charge on any atom is 0.338 e. The largest absolute Gasteiger partial charge is 0.463 e. The van der Waals surface area contributed by atoms with Gasteiger partial charge in [-0.05, 0) is 67.8 Å². The van der Waals surface area contributed by atoms with Crippen LogP contribution in [0.15, 0.2) is 95.5 Å². The van der Waals surface area contributed by atoms with Crippen LogP contribution in [-0.2, 0) is 9.53 Å². The summed E-state index contributed by atoms with van der Waals surface area (Å²) in [5, 5.41) is 1.18. The Morgan fingerprint density at radius 2 is 1.95 bits per heavy atom. The second-order valence-electron chi connectivity index (χ2n) is 7.87. The summed E-state index contributed by atoms with van der Waals surface area (Å²) >= 11 is 4.17. The average Bonchev–Trinajstić information content (AvgIpc) is 3.47. The van der Waals surface area contributed by atoms with Crippen molar-refractivity contribution in [2.45, 2.75) is 35.0 Å². The molecule has 3 aromatic heterocycles. The molecule has 1 aromatic carbocycles. The van der Waals surface area contributed by atoms with Crippen molar-refractivity contribution in [3.63, 3.8) is 0 Å². The number of aromatic nitrogens is 3. The molecule has 1 atom stereocenters. The van der Waals surface area contributed by atoms with Crippen molar-refractivity contribution in [2.75, 3.05) is 12.9 Å². The zero-order chi connectivity index (χ0) is 25.9. The van der Waals surface area contributed by atoms with E-state index in [1.54, 1.807) is 60.8 Å². The van der Waals surface area contributed by atoms with Crippen molar-refractivity contribution < 1.29 is 13.9 Å². The summed E-state index contributed by atoms with van der Waals surface area (Å²) < 4.78 is 13.3. The van der Waals surface area contributed by atoms with Crippen LogP contribution < -0.4 is 14.9 Å². The lowest BCUT2D eigenvalue weighted by atomic mass is 9.96.